The van der Waals surface area contributed by atoms with Gasteiger partial charge in [-0.05, 0) is 46.6 Å². The molecule has 0 unspecified atom stereocenters. The molecule has 2 rings (SSSR count). The number of furan rings is 1. The van der Waals surface area contributed by atoms with E-state index < -0.39 is 11.2 Å². The predicted octanol–water partition coefficient (Wildman–Crippen LogP) is 3.44. The molecule has 1 aliphatic heterocycles. The number of hydrogen-bond acceptors (Lipinski definition) is 5. The number of hydrogen-bond donors (Lipinski definition) is 1. The highest BCUT2D eigenvalue weighted by Gasteiger charge is 2.35. The van der Waals surface area contributed by atoms with Gasteiger partial charge in [-0.2, -0.15) is 0 Å². The normalized spacial score (nSPS) is 18.3. The molecule has 1 N–H and O–H groups in total. The first kappa shape index (κ1) is 17.2. The number of rotatable bonds is 3. The highest BCUT2D eigenvalue weighted by molar-refractivity contribution is 7.99. The third-order valence-electron chi connectivity index (χ3n) is 3.65. The molecule has 22 heavy (non-hydrogen) atoms. The molecule has 124 valence electrons. The number of piperidine rings is 1. The van der Waals surface area contributed by atoms with Gasteiger partial charge in [-0.15, -0.1) is 11.8 Å². The van der Waals surface area contributed by atoms with Crippen LogP contribution in [0.3, 0.4) is 0 Å². The zero-order chi connectivity index (χ0) is 16.4. The molecular weight excluding hydrogens is 302 g/mol. The molecule has 0 spiro atoms. The molecule has 0 radical (unpaired) electrons. The van der Waals surface area contributed by atoms with Crippen LogP contribution < -0.4 is 0 Å². The van der Waals surface area contributed by atoms with Gasteiger partial charge in [0.2, 0.25) is 0 Å². The van der Waals surface area contributed by atoms with E-state index in [2.05, 4.69) is 0 Å². The van der Waals surface area contributed by atoms with Crippen molar-refractivity contribution in [1.82, 2.24) is 4.90 Å². The molecule has 6 heteroatoms. The van der Waals surface area contributed by atoms with Gasteiger partial charge in [-0.1, -0.05) is 0 Å². The number of ether oxygens (including phenoxy) is 1. The Morgan fingerprint density at radius 1 is 1.45 bits per heavy atom. The van der Waals surface area contributed by atoms with Crippen LogP contribution in [0.5, 0.6) is 0 Å². The third-order valence-corrected chi connectivity index (χ3v) is 5.07. The zero-order valence-electron chi connectivity index (χ0n) is 13.7. The van der Waals surface area contributed by atoms with E-state index in [1.54, 1.807) is 22.9 Å². The van der Waals surface area contributed by atoms with Crippen LogP contribution in [-0.2, 0) is 4.74 Å². The van der Waals surface area contributed by atoms with Crippen molar-refractivity contribution in [2.75, 3.05) is 18.8 Å². The summed E-state index contributed by atoms with van der Waals surface area (Å²) in [7, 11) is 0. The Morgan fingerprint density at radius 2 is 2.09 bits per heavy atom. The summed E-state index contributed by atoms with van der Waals surface area (Å²) in [5.74, 6) is 1.48. The van der Waals surface area contributed by atoms with Crippen LogP contribution in [0.1, 0.15) is 39.4 Å². The maximum absolute atomic E-state index is 12.0. The van der Waals surface area contributed by atoms with E-state index in [0.29, 0.717) is 31.7 Å². The highest BCUT2D eigenvalue weighted by Crippen LogP contribution is 2.32. The number of thioether (sulfide) groups is 1. The van der Waals surface area contributed by atoms with E-state index in [0.717, 1.165) is 10.7 Å². The van der Waals surface area contributed by atoms with Gasteiger partial charge in [0.25, 0.3) is 0 Å². The quantitative estimate of drug-likeness (QED) is 0.862. The van der Waals surface area contributed by atoms with Gasteiger partial charge in [0.1, 0.15) is 11.4 Å². The fourth-order valence-corrected chi connectivity index (χ4v) is 3.43. The van der Waals surface area contributed by atoms with Crippen LogP contribution in [0.4, 0.5) is 4.79 Å². The van der Waals surface area contributed by atoms with Gasteiger partial charge >= 0.3 is 6.09 Å². The summed E-state index contributed by atoms with van der Waals surface area (Å²) in [6.07, 6.45) is 2.49. The standard InChI is InChI=1S/C16H25NO4S/c1-12-13(5-10-20-12)22-11-16(19)6-8-17(9-7-16)14(18)21-15(2,3)4/h5,10,19H,6-9,11H2,1-4H3. The van der Waals surface area contributed by atoms with Crippen molar-refractivity contribution in [2.24, 2.45) is 0 Å². The second-order valence-corrected chi connectivity index (χ2v) is 7.84. The van der Waals surface area contributed by atoms with E-state index >= 15 is 0 Å². The molecule has 0 saturated carbocycles. The van der Waals surface area contributed by atoms with Crippen LogP contribution >= 0.6 is 11.8 Å². The van der Waals surface area contributed by atoms with E-state index in [4.69, 9.17) is 9.15 Å². The minimum atomic E-state index is -0.743. The summed E-state index contributed by atoms with van der Waals surface area (Å²) in [6.45, 7) is 8.53. The van der Waals surface area contributed by atoms with Crippen LogP contribution in [-0.4, -0.2) is 46.1 Å². The summed E-state index contributed by atoms with van der Waals surface area (Å²) in [6, 6.07) is 1.92. The van der Waals surface area contributed by atoms with Crippen LogP contribution in [0.25, 0.3) is 0 Å². The molecule has 1 amide bonds. The molecule has 1 aromatic rings. The number of nitrogens with zero attached hydrogens (tertiary/aromatic N) is 1. The van der Waals surface area contributed by atoms with Crippen molar-refractivity contribution in [3.63, 3.8) is 0 Å². The average molecular weight is 327 g/mol. The van der Waals surface area contributed by atoms with Gasteiger partial charge in [0.05, 0.1) is 11.9 Å². The van der Waals surface area contributed by atoms with Crippen molar-refractivity contribution >= 4 is 17.9 Å². The number of aliphatic hydroxyl groups is 1. The van der Waals surface area contributed by atoms with E-state index in [-0.39, 0.29) is 6.09 Å². The smallest absolute Gasteiger partial charge is 0.410 e. The average Bonchev–Trinajstić information content (AvgIpc) is 2.81. The molecule has 5 nitrogen and oxygen atoms in total. The van der Waals surface area contributed by atoms with Crippen molar-refractivity contribution in [3.8, 4) is 0 Å². The monoisotopic (exact) mass is 327 g/mol. The lowest BCUT2D eigenvalue weighted by Gasteiger charge is -2.38. The minimum Gasteiger partial charge on any atom is -0.468 e. The maximum Gasteiger partial charge on any atom is 0.410 e. The number of amides is 1. The van der Waals surface area contributed by atoms with Gasteiger partial charge < -0.3 is 19.2 Å². The summed E-state index contributed by atoms with van der Waals surface area (Å²) >= 11 is 1.60. The van der Waals surface area contributed by atoms with Crippen LogP contribution in [0.15, 0.2) is 21.6 Å². The molecule has 1 fully saturated rings. The third kappa shape index (κ3) is 4.68. The van der Waals surface area contributed by atoms with Crippen LogP contribution in [0.2, 0.25) is 0 Å². The Kier molecular flexibility index (Phi) is 5.12. The molecule has 1 aliphatic rings. The van der Waals surface area contributed by atoms with E-state index in [1.807, 2.05) is 33.8 Å². The van der Waals surface area contributed by atoms with Crippen molar-refractivity contribution in [2.45, 2.75) is 56.6 Å². The Balaban J connectivity index is 1.83. The Labute approximate surface area is 136 Å². The van der Waals surface area contributed by atoms with E-state index in [9.17, 15) is 9.90 Å². The second-order valence-electron chi connectivity index (χ2n) is 6.82. The summed E-state index contributed by atoms with van der Waals surface area (Å²) in [5, 5.41) is 10.7. The maximum atomic E-state index is 12.0. The van der Waals surface area contributed by atoms with Crippen molar-refractivity contribution < 1.29 is 19.1 Å². The molecule has 0 atom stereocenters. The minimum absolute atomic E-state index is 0.298. The van der Waals surface area contributed by atoms with Gasteiger partial charge in [-0.3, -0.25) is 0 Å². The lowest BCUT2D eigenvalue weighted by Crippen LogP contribution is -2.49. The van der Waals surface area contributed by atoms with Crippen LogP contribution in [0, 0.1) is 6.92 Å². The Morgan fingerprint density at radius 3 is 2.59 bits per heavy atom. The fraction of sp³-hybridized carbons (Fsp3) is 0.688. The SMILES string of the molecule is Cc1occc1SCC1(O)CCN(C(=O)OC(C)(C)C)CC1. The largest absolute Gasteiger partial charge is 0.468 e. The zero-order valence-corrected chi connectivity index (χ0v) is 14.5. The van der Waals surface area contributed by atoms with E-state index in [1.165, 1.54) is 0 Å². The summed E-state index contributed by atoms with van der Waals surface area (Å²) in [5.41, 5.74) is -1.23. The Hall–Kier alpha value is -1.14. The first-order valence-corrected chi connectivity index (χ1v) is 8.54. The van der Waals surface area contributed by atoms with Gasteiger partial charge in [-0.25, -0.2) is 4.79 Å². The first-order chi connectivity index (χ1) is 10.2. The molecule has 0 aromatic carbocycles. The summed E-state index contributed by atoms with van der Waals surface area (Å²) in [4.78, 5) is 14.8. The number of carbonyl (C=O) groups excluding carboxylic acids is 1. The fourth-order valence-electron chi connectivity index (χ4n) is 2.31. The number of likely N-dealkylation sites (tertiary alicyclic amines) is 1. The number of aryl methyl sites for hydroxylation is 1. The molecule has 1 aromatic heterocycles. The number of carbonyl (C=O) groups is 1. The topological polar surface area (TPSA) is 62.9 Å². The summed E-state index contributed by atoms with van der Waals surface area (Å²) < 4.78 is 10.6. The highest BCUT2D eigenvalue weighted by atomic mass is 32.2. The molecule has 1 saturated heterocycles. The van der Waals surface area contributed by atoms with Crippen molar-refractivity contribution in [1.29, 1.82) is 0 Å². The van der Waals surface area contributed by atoms with Gasteiger partial charge in [0, 0.05) is 23.7 Å². The molecule has 0 bridgehead atoms. The Bertz CT molecular complexity index is 512. The van der Waals surface area contributed by atoms with Crippen molar-refractivity contribution in [3.05, 3.63) is 18.1 Å². The molecule has 2 heterocycles. The van der Waals surface area contributed by atoms with Gasteiger partial charge in [0.15, 0.2) is 0 Å². The molecule has 0 aliphatic carbocycles. The lowest BCUT2D eigenvalue weighted by atomic mass is 9.94. The lowest BCUT2D eigenvalue weighted by molar-refractivity contribution is -0.0190. The molecular formula is C16H25NO4S. The second kappa shape index (κ2) is 6.54. The predicted molar refractivity (Wildman–Crippen MR) is 86.2 cm³/mol. The first-order valence-electron chi connectivity index (χ1n) is 7.56.